The first-order chi connectivity index (χ1) is 14.5. The highest BCUT2D eigenvalue weighted by Crippen LogP contribution is 2.14. The van der Waals surface area contributed by atoms with Crippen molar-refractivity contribution in [3.8, 4) is 0 Å². The molecule has 0 heterocycles. The minimum atomic E-state index is -1.26. The summed E-state index contributed by atoms with van der Waals surface area (Å²) < 4.78 is 0.932. The third kappa shape index (κ3) is 20.0. The van der Waals surface area contributed by atoms with Crippen molar-refractivity contribution < 1.29 is 44.4 Å². The van der Waals surface area contributed by atoms with Crippen LogP contribution in [0, 0.1) is 0 Å². The number of hydrogen-bond acceptors (Lipinski definition) is 6. The first-order valence-electron chi connectivity index (χ1n) is 8.90. The second-order valence-electron chi connectivity index (χ2n) is 7.01. The number of carboxylic acids is 4. The maximum Gasteiger partial charge on any atom is 0.328 e. The van der Waals surface area contributed by atoms with Crippen LogP contribution in [-0.2, 0) is 19.2 Å². The molecular weight excluding hydrogens is 490 g/mol. The van der Waals surface area contributed by atoms with E-state index in [1.807, 2.05) is 31.2 Å². The maximum atomic E-state index is 12.1. The lowest BCUT2D eigenvalue weighted by Crippen LogP contribution is -2.46. The van der Waals surface area contributed by atoms with Crippen LogP contribution in [0.3, 0.4) is 0 Å². The Hall–Kier alpha value is -3.31. The molecule has 10 nitrogen and oxygen atoms in total. The Bertz CT molecular complexity index is 804. The molecular formula is C21H26BrNO9. The number of carbonyl (C=O) groups is 5. The third-order valence-corrected chi connectivity index (χ3v) is 3.38. The van der Waals surface area contributed by atoms with Crippen molar-refractivity contribution in [2.45, 2.75) is 39.3 Å². The number of carboxylic acid groups (broad SMARTS) is 4. The second kappa shape index (κ2) is 15.5. The number of ketones is 1. The van der Waals surface area contributed by atoms with Crippen LogP contribution < -0.4 is 5.32 Å². The zero-order chi connectivity index (χ0) is 25.5. The van der Waals surface area contributed by atoms with E-state index in [0.717, 1.165) is 10.0 Å². The highest BCUT2D eigenvalue weighted by Gasteiger charge is 2.20. The average molecular weight is 516 g/mol. The number of hydrogen-bond donors (Lipinski definition) is 5. The van der Waals surface area contributed by atoms with Crippen molar-refractivity contribution in [3.63, 3.8) is 0 Å². The van der Waals surface area contributed by atoms with Crippen LogP contribution in [0.25, 0.3) is 0 Å². The summed E-state index contributed by atoms with van der Waals surface area (Å²) in [6.45, 7) is 8.06. The molecule has 32 heavy (non-hydrogen) atoms. The normalized spacial score (nSPS) is 11.5. The Kier molecular flexibility index (Phi) is 14.9. The molecule has 1 atom stereocenters. The molecule has 0 saturated carbocycles. The largest absolute Gasteiger partial charge is 0.478 e. The van der Waals surface area contributed by atoms with Crippen molar-refractivity contribution >= 4 is 45.6 Å². The van der Waals surface area contributed by atoms with Crippen LogP contribution in [-0.4, -0.2) is 61.7 Å². The first kappa shape index (κ1) is 30.9. The predicted octanol–water partition coefficient (Wildman–Crippen LogP) is 2.83. The minimum Gasteiger partial charge on any atom is -0.478 e. The van der Waals surface area contributed by atoms with Gasteiger partial charge >= 0.3 is 23.9 Å². The molecule has 0 aliphatic heterocycles. The molecule has 0 radical (unpaired) electrons. The Morgan fingerprint density at radius 1 is 0.844 bits per heavy atom. The van der Waals surface area contributed by atoms with E-state index in [-0.39, 0.29) is 17.4 Å². The number of nitrogens with one attached hydrogen (secondary N) is 1. The first-order valence-corrected chi connectivity index (χ1v) is 9.69. The van der Waals surface area contributed by atoms with Crippen LogP contribution in [0.5, 0.6) is 0 Å². The lowest BCUT2D eigenvalue weighted by atomic mass is 10.0. The summed E-state index contributed by atoms with van der Waals surface area (Å²) in [5.74, 6) is -4.91. The summed E-state index contributed by atoms with van der Waals surface area (Å²) in [7, 11) is 0. The van der Waals surface area contributed by atoms with Gasteiger partial charge in [-0.05, 0) is 39.8 Å². The van der Waals surface area contributed by atoms with Crippen molar-refractivity contribution in [1.82, 2.24) is 5.32 Å². The van der Waals surface area contributed by atoms with Gasteiger partial charge < -0.3 is 25.7 Å². The van der Waals surface area contributed by atoms with E-state index in [9.17, 15) is 24.0 Å². The number of halogens is 1. The summed E-state index contributed by atoms with van der Waals surface area (Å²) in [5.41, 5.74) is 0.680. The Labute approximate surface area is 193 Å². The van der Waals surface area contributed by atoms with Gasteiger partial charge in [-0.1, -0.05) is 28.1 Å². The highest BCUT2D eigenvalue weighted by molar-refractivity contribution is 9.10. The lowest BCUT2D eigenvalue weighted by molar-refractivity contribution is -0.134. The van der Waals surface area contributed by atoms with E-state index < -0.39 is 23.9 Å². The van der Waals surface area contributed by atoms with Crippen LogP contribution in [0.15, 0.2) is 53.0 Å². The molecule has 0 amide bonds. The second-order valence-corrected chi connectivity index (χ2v) is 7.93. The molecule has 0 saturated heterocycles. The fourth-order valence-electron chi connectivity index (χ4n) is 1.89. The molecule has 0 aromatic heterocycles. The fourth-order valence-corrected chi connectivity index (χ4v) is 2.29. The van der Waals surface area contributed by atoms with E-state index >= 15 is 0 Å². The van der Waals surface area contributed by atoms with Gasteiger partial charge in [0.1, 0.15) is 0 Å². The molecule has 1 aromatic rings. The van der Waals surface area contributed by atoms with E-state index in [4.69, 9.17) is 20.4 Å². The molecule has 0 fully saturated rings. The van der Waals surface area contributed by atoms with Crippen LogP contribution >= 0.6 is 15.9 Å². The van der Waals surface area contributed by atoms with Gasteiger partial charge in [0.25, 0.3) is 0 Å². The summed E-state index contributed by atoms with van der Waals surface area (Å²) in [5, 5.41) is 34.5. The zero-order valence-corrected chi connectivity index (χ0v) is 19.5. The van der Waals surface area contributed by atoms with Crippen molar-refractivity contribution in [1.29, 1.82) is 0 Å². The Balaban J connectivity index is 0. The van der Waals surface area contributed by atoms with Crippen molar-refractivity contribution in [2.24, 2.45) is 0 Å². The average Bonchev–Trinajstić information content (AvgIpc) is 2.64. The number of carbonyl (C=O) groups excluding carboxylic acids is 1. The Morgan fingerprint density at radius 3 is 1.50 bits per heavy atom. The van der Waals surface area contributed by atoms with Gasteiger partial charge in [0.15, 0.2) is 5.78 Å². The van der Waals surface area contributed by atoms with E-state index in [1.54, 1.807) is 0 Å². The SMILES string of the molecule is CC(NC(C)(C)C)C(=O)c1cccc(Br)c1.O=C(O)C=CC(=O)O.O=C(O)C=CC(=O)O. The van der Waals surface area contributed by atoms with Gasteiger partial charge in [0, 0.05) is 39.9 Å². The fraction of sp³-hybridized carbons (Fsp3) is 0.286. The summed E-state index contributed by atoms with van der Waals surface area (Å²) in [6, 6.07) is 7.31. The van der Waals surface area contributed by atoms with Gasteiger partial charge in [-0.25, -0.2) is 19.2 Å². The molecule has 0 bridgehead atoms. The quantitative estimate of drug-likeness (QED) is 0.267. The van der Waals surface area contributed by atoms with Gasteiger partial charge in [-0.15, -0.1) is 0 Å². The van der Waals surface area contributed by atoms with Gasteiger partial charge in [0.2, 0.25) is 0 Å². The highest BCUT2D eigenvalue weighted by atomic mass is 79.9. The topological polar surface area (TPSA) is 178 Å². The molecule has 176 valence electrons. The number of benzene rings is 1. The van der Waals surface area contributed by atoms with E-state index in [0.29, 0.717) is 24.3 Å². The number of Topliss-reactive ketones (excluding diaryl/α,β-unsaturated/α-hetero) is 1. The maximum absolute atomic E-state index is 12.1. The molecule has 5 N–H and O–H groups in total. The Morgan fingerprint density at radius 2 is 1.22 bits per heavy atom. The van der Waals surface area contributed by atoms with Crippen molar-refractivity contribution in [2.75, 3.05) is 0 Å². The van der Waals surface area contributed by atoms with Crippen LogP contribution in [0.4, 0.5) is 0 Å². The monoisotopic (exact) mass is 515 g/mol. The summed E-state index contributed by atoms with van der Waals surface area (Å²) in [6.07, 6.45) is 2.23. The molecule has 0 aliphatic carbocycles. The van der Waals surface area contributed by atoms with Crippen LogP contribution in [0.1, 0.15) is 38.1 Å². The summed E-state index contributed by atoms with van der Waals surface area (Å²) >= 11 is 3.37. The molecule has 1 unspecified atom stereocenters. The van der Waals surface area contributed by atoms with Crippen LogP contribution in [0.2, 0.25) is 0 Å². The minimum absolute atomic E-state index is 0.0545. The zero-order valence-electron chi connectivity index (χ0n) is 17.9. The van der Waals surface area contributed by atoms with Gasteiger partial charge in [-0.2, -0.15) is 0 Å². The molecule has 1 aromatic carbocycles. The third-order valence-electron chi connectivity index (χ3n) is 2.89. The molecule has 1 rings (SSSR count). The standard InChI is InChI=1S/C13H18BrNO.2C4H4O4/c1-9(15-13(2,3)4)12(16)10-6-5-7-11(14)8-10;2*5-3(6)1-2-4(7)8/h5-9,15H,1-4H3;2*1-2H,(H,5,6)(H,7,8). The van der Waals surface area contributed by atoms with E-state index in [2.05, 4.69) is 42.0 Å². The van der Waals surface area contributed by atoms with Gasteiger partial charge in [-0.3, -0.25) is 4.79 Å². The van der Waals surface area contributed by atoms with Crippen molar-refractivity contribution in [3.05, 3.63) is 58.6 Å². The number of rotatable bonds is 7. The molecule has 0 aliphatic rings. The van der Waals surface area contributed by atoms with Gasteiger partial charge in [0.05, 0.1) is 6.04 Å². The molecule has 11 heteroatoms. The predicted molar refractivity (Wildman–Crippen MR) is 120 cm³/mol. The van der Waals surface area contributed by atoms with E-state index in [1.165, 1.54) is 0 Å². The smallest absolute Gasteiger partial charge is 0.328 e. The number of aliphatic carboxylic acids is 4. The molecule has 0 spiro atoms. The lowest BCUT2D eigenvalue weighted by Gasteiger charge is -2.25. The summed E-state index contributed by atoms with van der Waals surface area (Å²) in [4.78, 5) is 50.3.